The molecule has 0 aliphatic rings. The third kappa shape index (κ3) is 3.07. The van der Waals surface area contributed by atoms with Crippen LogP contribution >= 0.6 is 0 Å². The molecule has 1 aromatic rings. The third-order valence-electron chi connectivity index (χ3n) is 1.87. The zero-order valence-corrected chi connectivity index (χ0v) is 8.01. The first-order valence-corrected chi connectivity index (χ1v) is 4.42. The standard InChI is InChI=1S/C10H12N2O3/c11-6-8(13)12-9(10(14)15)7-4-2-1-3-5-7/h1-5,9H,6,11H2,(H,12,13)(H,14,15)/t9-/m1/s1. The van der Waals surface area contributed by atoms with E-state index in [1.54, 1.807) is 30.3 Å². The van der Waals surface area contributed by atoms with Crippen LogP contribution in [0, 0.1) is 0 Å². The molecule has 5 heteroatoms. The summed E-state index contributed by atoms with van der Waals surface area (Å²) in [5.74, 6) is -1.60. The second-order valence-electron chi connectivity index (χ2n) is 2.95. The van der Waals surface area contributed by atoms with Gasteiger partial charge in [-0.15, -0.1) is 0 Å². The molecule has 1 rings (SSSR count). The van der Waals surface area contributed by atoms with Crippen molar-refractivity contribution in [3.8, 4) is 0 Å². The summed E-state index contributed by atoms with van der Waals surface area (Å²) in [4.78, 5) is 21.9. The molecule has 1 aromatic carbocycles. The van der Waals surface area contributed by atoms with Gasteiger partial charge in [0, 0.05) is 0 Å². The van der Waals surface area contributed by atoms with Gasteiger partial charge in [-0.05, 0) is 5.56 Å². The maximum Gasteiger partial charge on any atom is 0.330 e. The Morgan fingerprint density at radius 2 is 1.93 bits per heavy atom. The van der Waals surface area contributed by atoms with Gasteiger partial charge >= 0.3 is 5.97 Å². The van der Waals surface area contributed by atoms with Crippen LogP contribution in [-0.4, -0.2) is 23.5 Å². The van der Waals surface area contributed by atoms with Crippen LogP contribution in [0.3, 0.4) is 0 Å². The Kier molecular flexibility index (Phi) is 3.82. The lowest BCUT2D eigenvalue weighted by Gasteiger charge is -2.13. The van der Waals surface area contributed by atoms with E-state index in [-0.39, 0.29) is 6.54 Å². The van der Waals surface area contributed by atoms with Crippen molar-refractivity contribution in [2.75, 3.05) is 6.54 Å². The number of carboxylic acid groups (broad SMARTS) is 1. The van der Waals surface area contributed by atoms with Gasteiger partial charge in [-0.1, -0.05) is 30.3 Å². The van der Waals surface area contributed by atoms with Crippen LogP contribution in [0.15, 0.2) is 30.3 Å². The Labute approximate surface area is 86.9 Å². The normalized spacial score (nSPS) is 11.8. The van der Waals surface area contributed by atoms with E-state index in [0.29, 0.717) is 5.56 Å². The molecular formula is C10H12N2O3. The number of amides is 1. The quantitative estimate of drug-likeness (QED) is 0.643. The van der Waals surface area contributed by atoms with E-state index >= 15 is 0 Å². The largest absolute Gasteiger partial charge is 0.479 e. The van der Waals surface area contributed by atoms with Gasteiger partial charge < -0.3 is 16.2 Å². The summed E-state index contributed by atoms with van der Waals surface area (Å²) in [7, 11) is 0. The van der Waals surface area contributed by atoms with Gasteiger partial charge in [-0.2, -0.15) is 0 Å². The van der Waals surface area contributed by atoms with Gasteiger partial charge in [0.15, 0.2) is 6.04 Å². The van der Waals surface area contributed by atoms with Crippen molar-refractivity contribution in [3.05, 3.63) is 35.9 Å². The van der Waals surface area contributed by atoms with Gasteiger partial charge in [0.2, 0.25) is 5.91 Å². The smallest absolute Gasteiger partial charge is 0.330 e. The molecule has 1 amide bonds. The fourth-order valence-corrected chi connectivity index (χ4v) is 1.15. The highest BCUT2D eigenvalue weighted by molar-refractivity contribution is 5.85. The number of hydrogen-bond acceptors (Lipinski definition) is 3. The van der Waals surface area contributed by atoms with Crippen molar-refractivity contribution in [2.24, 2.45) is 5.73 Å². The SMILES string of the molecule is NCC(=O)N[C@@H](C(=O)O)c1ccccc1. The minimum atomic E-state index is -1.11. The van der Waals surface area contributed by atoms with E-state index in [9.17, 15) is 9.59 Å². The zero-order valence-electron chi connectivity index (χ0n) is 8.01. The number of carbonyl (C=O) groups is 2. The molecule has 0 spiro atoms. The van der Waals surface area contributed by atoms with Gasteiger partial charge in [0.25, 0.3) is 0 Å². The molecule has 1 atom stereocenters. The number of carbonyl (C=O) groups excluding carboxylic acids is 1. The zero-order chi connectivity index (χ0) is 11.3. The molecule has 0 aliphatic carbocycles. The number of rotatable bonds is 4. The summed E-state index contributed by atoms with van der Waals surface area (Å²) >= 11 is 0. The summed E-state index contributed by atoms with van der Waals surface area (Å²) in [5.41, 5.74) is 5.61. The average Bonchev–Trinajstić information content (AvgIpc) is 2.26. The maximum atomic E-state index is 11.0. The Balaban J connectivity index is 2.84. The molecule has 0 heterocycles. The van der Waals surface area contributed by atoms with Crippen LogP contribution < -0.4 is 11.1 Å². The topological polar surface area (TPSA) is 92.4 Å². The number of nitrogens with two attached hydrogens (primary N) is 1. The minimum Gasteiger partial charge on any atom is -0.479 e. The first-order valence-electron chi connectivity index (χ1n) is 4.42. The highest BCUT2D eigenvalue weighted by Crippen LogP contribution is 2.12. The van der Waals surface area contributed by atoms with Gasteiger partial charge in [0.05, 0.1) is 6.54 Å². The van der Waals surface area contributed by atoms with Gasteiger partial charge in [-0.3, -0.25) is 4.79 Å². The number of hydrogen-bond donors (Lipinski definition) is 3. The van der Waals surface area contributed by atoms with Gasteiger partial charge in [0.1, 0.15) is 0 Å². The van der Waals surface area contributed by atoms with Crippen molar-refractivity contribution in [1.82, 2.24) is 5.32 Å². The lowest BCUT2D eigenvalue weighted by molar-refractivity contribution is -0.141. The maximum absolute atomic E-state index is 11.0. The van der Waals surface area contributed by atoms with Crippen molar-refractivity contribution in [3.63, 3.8) is 0 Å². The van der Waals surface area contributed by atoms with Crippen molar-refractivity contribution in [2.45, 2.75) is 6.04 Å². The van der Waals surface area contributed by atoms with Crippen molar-refractivity contribution < 1.29 is 14.7 Å². The predicted octanol–water partition coefficient (Wildman–Crippen LogP) is -0.113. The summed E-state index contributed by atoms with van der Waals surface area (Å²) < 4.78 is 0. The van der Waals surface area contributed by atoms with Crippen LogP contribution in [0.1, 0.15) is 11.6 Å². The van der Waals surface area contributed by atoms with E-state index in [4.69, 9.17) is 10.8 Å². The van der Waals surface area contributed by atoms with Crippen LogP contribution in [0.2, 0.25) is 0 Å². The highest BCUT2D eigenvalue weighted by atomic mass is 16.4. The molecule has 0 bridgehead atoms. The molecule has 5 nitrogen and oxygen atoms in total. The van der Waals surface area contributed by atoms with Crippen LogP contribution in [0.4, 0.5) is 0 Å². The molecule has 0 fully saturated rings. The fourth-order valence-electron chi connectivity index (χ4n) is 1.15. The predicted molar refractivity (Wildman–Crippen MR) is 54.0 cm³/mol. The summed E-state index contributed by atoms with van der Waals surface area (Å²) in [6, 6.07) is 7.42. The first kappa shape index (κ1) is 11.2. The Bertz CT molecular complexity index is 351. The molecule has 0 aliphatic heterocycles. The Morgan fingerprint density at radius 1 is 1.33 bits per heavy atom. The summed E-state index contributed by atoms with van der Waals surface area (Å²) in [5, 5.41) is 11.2. The summed E-state index contributed by atoms with van der Waals surface area (Å²) in [6.07, 6.45) is 0. The van der Waals surface area contributed by atoms with E-state index in [1.807, 2.05) is 0 Å². The number of carboxylic acids is 1. The molecule has 0 saturated carbocycles. The van der Waals surface area contributed by atoms with Crippen LogP contribution in [0.5, 0.6) is 0 Å². The third-order valence-corrected chi connectivity index (χ3v) is 1.87. The number of aliphatic carboxylic acids is 1. The lowest BCUT2D eigenvalue weighted by Crippen LogP contribution is -2.37. The molecule has 0 saturated heterocycles. The minimum absolute atomic E-state index is 0.226. The van der Waals surface area contributed by atoms with Crippen LogP contribution in [0.25, 0.3) is 0 Å². The molecule has 80 valence electrons. The van der Waals surface area contributed by atoms with E-state index in [2.05, 4.69) is 5.32 Å². The highest BCUT2D eigenvalue weighted by Gasteiger charge is 2.20. The van der Waals surface area contributed by atoms with E-state index < -0.39 is 17.9 Å². The Morgan fingerprint density at radius 3 is 2.40 bits per heavy atom. The molecular weight excluding hydrogens is 196 g/mol. The molecule has 4 N–H and O–H groups in total. The van der Waals surface area contributed by atoms with E-state index in [1.165, 1.54) is 0 Å². The molecule has 15 heavy (non-hydrogen) atoms. The second kappa shape index (κ2) is 5.11. The number of benzene rings is 1. The van der Waals surface area contributed by atoms with E-state index in [0.717, 1.165) is 0 Å². The average molecular weight is 208 g/mol. The fraction of sp³-hybridized carbons (Fsp3) is 0.200. The monoisotopic (exact) mass is 208 g/mol. The lowest BCUT2D eigenvalue weighted by atomic mass is 10.1. The van der Waals surface area contributed by atoms with Crippen molar-refractivity contribution in [1.29, 1.82) is 0 Å². The Hall–Kier alpha value is -1.88. The number of nitrogens with one attached hydrogen (secondary N) is 1. The van der Waals surface area contributed by atoms with Crippen LogP contribution in [-0.2, 0) is 9.59 Å². The molecule has 0 unspecified atom stereocenters. The second-order valence-corrected chi connectivity index (χ2v) is 2.95. The first-order chi connectivity index (χ1) is 7.15. The van der Waals surface area contributed by atoms with Gasteiger partial charge in [-0.25, -0.2) is 4.79 Å². The van der Waals surface area contributed by atoms with Crippen molar-refractivity contribution >= 4 is 11.9 Å². The summed E-state index contributed by atoms with van der Waals surface area (Å²) in [6.45, 7) is -0.226. The molecule has 0 radical (unpaired) electrons. The molecule has 0 aromatic heterocycles.